The molecular formula is C28H26F2N4O2. The zero-order valence-corrected chi connectivity index (χ0v) is 19.6. The monoisotopic (exact) mass is 488 g/mol. The van der Waals surface area contributed by atoms with Crippen molar-refractivity contribution in [3.05, 3.63) is 90.0 Å². The molecule has 2 aromatic carbocycles. The van der Waals surface area contributed by atoms with Crippen molar-refractivity contribution in [1.29, 1.82) is 0 Å². The van der Waals surface area contributed by atoms with E-state index in [-0.39, 0.29) is 34.9 Å². The van der Waals surface area contributed by atoms with Gasteiger partial charge in [0.1, 0.15) is 17.3 Å². The Bertz CT molecular complexity index is 1440. The van der Waals surface area contributed by atoms with Gasteiger partial charge >= 0.3 is 0 Å². The van der Waals surface area contributed by atoms with Crippen molar-refractivity contribution in [2.24, 2.45) is 5.92 Å². The van der Waals surface area contributed by atoms with Gasteiger partial charge in [-0.15, -0.1) is 0 Å². The van der Waals surface area contributed by atoms with Gasteiger partial charge in [0.2, 0.25) is 5.82 Å². The van der Waals surface area contributed by atoms with Crippen molar-refractivity contribution in [3.8, 4) is 11.3 Å². The number of aromatic nitrogens is 3. The molecule has 8 heteroatoms. The molecule has 6 nitrogen and oxygen atoms in total. The lowest BCUT2D eigenvalue weighted by atomic mass is 9.66. The number of hydrogen-bond acceptors (Lipinski definition) is 4. The number of benzene rings is 2. The van der Waals surface area contributed by atoms with Crippen LogP contribution in [0.15, 0.2) is 67.0 Å². The molecule has 36 heavy (non-hydrogen) atoms. The molecule has 3 heterocycles. The van der Waals surface area contributed by atoms with Gasteiger partial charge in [0.15, 0.2) is 5.65 Å². The summed E-state index contributed by atoms with van der Waals surface area (Å²) in [4.78, 5) is 24.7. The third-order valence-corrected chi connectivity index (χ3v) is 7.79. The Morgan fingerprint density at radius 1 is 1.06 bits per heavy atom. The molecule has 1 N–H and O–H groups in total. The molecule has 3 atom stereocenters. The van der Waals surface area contributed by atoms with E-state index in [2.05, 4.69) is 9.97 Å². The molecular weight excluding hydrogens is 462 g/mol. The normalized spacial score (nSPS) is 24.0. The number of hydrogen-bond donors (Lipinski definition) is 1. The fourth-order valence-corrected chi connectivity index (χ4v) is 6.09. The molecule has 3 unspecified atom stereocenters. The van der Waals surface area contributed by atoms with Crippen molar-refractivity contribution in [3.63, 3.8) is 0 Å². The van der Waals surface area contributed by atoms with Crippen LogP contribution in [-0.2, 0) is 5.60 Å². The Balaban J connectivity index is 1.40. The minimum atomic E-state index is -0.998. The highest BCUT2D eigenvalue weighted by Gasteiger charge is 2.50. The number of imidazole rings is 1. The molecule has 4 aromatic rings. The van der Waals surface area contributed by atoms with E-state index in [9.17, 15) is 18.7 Å². The average Bonchev–Trinajstić information content (AvgIpc) is 3.29. The summed E-state index contributed by atoms with van der Waals surface area (Å²) in [5.41, 5.74) is 0.485. The summed E-state index contributed by atoms with van der Waals surface area (Å²) in [7, 11) is 0. The Hall–Kier alpha value is -3.65. The van der Waals surface area contributed by atoms with Crippen LogP contribution < -0.4 is 0 Å². The highest BCUT2D eigenvalue weighted by Crippen LogP contribution is 2.47. The quantitative estimate of drug-likeness (QED) is 0.442. The largest absolute Gasteiger partial charge is 0.385 e. The zero-order valence-electron chi connectivity index (χ0n) is 19.6. The van der Waals surface area contributed by atoms with E-state index in [1.807, 2.05) is 35.2 Å². The first-order valence-corrected chi connectivity index (χ1v) is 12.3. The zero-order chi connectivity index (χ0) is 24.9. The molecule has 1 aliphatic carbocycles. The number of aliphatic hydroxyl groups is 1. The fourth-order valence-electron chi connectivity index (χ4n) is 6.09. The Labute approximate surface area is 207 Å². The molecule has 1 amide bonds. The number of halogens is 2. The summed E-state index contributed by atoms with van der Waals surface area (Å²) < 4.78 is 29.8. The first-order chi connectivity index (χ1) is 17.5. The number of carbonyl (C=O) groups excluding carboxylic acids is 1. The third kappa shape index (κ3) is 3.59. The van der Waals surface area contributed by atoms with E-state index in [0.29, 0.717) is 18.6 Å². The van der Waals surface area contributed by atoms with Crippen LogP contribution in [0.2, 0.25) is 0 Å². The number of amides is 1. The molecule has 2 aliphatic rings. The topological polar surface area (TPSA) is 70.7 Å². The molecule has 184 valence electrons. The lowest BCUT2D eigenvalue weighted by Gasteiger charge is -2.52. The van der Waals surface area contributed by atoms with Crippen LogP contribution in [-0.4, -0.2) is 42.9 Å². The number of carbonyl (C=O) groups is 1. The van der Waals surface area contributed by atoms with Gasteiger partial charge in [-0.1, -0.05) is 43.2 Å². The van der Waals surface area contributed by atoms with Crippen LogP contribution in [0.1, 0.15) is 48.3 Å². The standard InChI is InChI=1S/C28H26F2N4O2/c29-19-11-12-20(22(30)17-19)24-25-31-14-6-15-34(25)26(32-24)27(35)33-16-13-28(36,18-7-2-1-3-8-18)21-9-4-5-10-23(21)33/h1-3,6-8,11-12,14-15,17,21,23,36H,4-5,9-10,13,16H2. The summed E-state index contributed by atoms with van der Waals surface area (Å²) in [5.74, 6) is -1.70. The van der Waals surface area contributed by atoms with E-state index < -0.39 is 17.2 Å². The summed E-state index contributed by atoms with van der Waals surface area (Å²) >= 11 is 0. The van der Waals surface area contributed by atoms with Crippen LogP contribution in [0.4, 0.5) is 8.78 Å². The van der Waals surface area contributed by atoms with Crippen LogP contribution in [0.25, 0.3) is 16.9 Å². The number of piperidine rings is 1. The average molecular weight is 489 g/mol. The minimum Gasteiger partial charge on any atom is -0.385 e. The van der Waals surface area contributed by atoms with Crippen molar-refractivity contribution in [2.75, 3.05) is 6.54 Å². The van der Waals surface area contributed by atoms with Gasteiger partial charge in [0.25, 0.3) is 5.91 Å². The maximum Gasteiger partial charge on any atom is 0.290 e. The van der Waals surface area contributed by atoms with Gasteiger partial charge < -0.3 is 10.0 Å². The van der Waals surface area contributed by atoms with Gasteiger partial charge in [-0.25, -0.2) is 18.7 Å². The summed E-state index contributed by atoms with van der Waals surface area (Å²) in [6, 6.07) is 14.5. The minimum absolute atomic E-state index is 0.0827. The highest BCUT2D eigenvalue weighted by molar-refractivity contribution is 5.94. The van der Waals surface area contributed by atoms with Crippen LogP contribution >= 0.6 is 0 Å². The predicted octanol–water partition coefficient (Wildman–Crippen LogP) is 4.97. The van der Waals surface area contributed by atoms with Crippen molar-refractivity contribution in [2.45, 2.75) is 43.7 Å². The third-order valence-electron chi connectivity index (χ3n) is 7.79. The van der Waals surface area contributed by atoms with Crippen molar-refractivity contribution < 1.29 is 18.7 Å². The molecule has 0 spiro atoms. The molecule has 6 rings (SSSR count). The number of fused-ring (bicyclic) bond motifs is 2. The summed E-state index contributed by atoms with van der Waals surface area (Å²) in [5, 5.41) is 11.8. The predicted molar refractivity (Wildman–Crippen MR) is 130 cm³/mol. The van der Waals surface area contributed by atoms with E-state index in [1.165, 1.54) is 6.07 Å². The van der Waals surface area contributed by atoms with Gasteiger partial charge in [-0.3, -0.25) is 9.20 Å². The smallest absolute Gasteiger partial charge is 0.290 e. The van der Waals surface area contributed by atoms with E-state index in [4.69, 9.17) is 0 Å². The molecule has 1 aliphatic heterocycles. The Morgan fingerprint density at radius 3 is 2.67 bits per heavy atom. The highest BCUT2D eigenvalue weighted by atomic mass is 19.1. The van der Waals surface area contributed by atoms with Gasteiger partial charge in [0.05, 0.1) is 5.60 Å². The van der Waals surface area contributed by atoms with Gasteiger partial charge in [-0.2, -0.15) is 0 Å². The lowest BCUT2D eigenvalue weighted by Crippen LogP contribution is -2.59. The molecule has 1 saturated carbocycles. The number of rotatable bonds is 3. The number of nitrogens with zero attached hydrogens (tertiary/aromatic N) is 4. The lowest BCUT2D eigenvalue weighted by molar-refractivity contribution is -0.110. The molecule has 2 aromatic heterocycles. The van der Waals surface area contributed by atoms with Crippen molar-refractivity contribution >= 4 is 11.6 Å². The van der Waals surface area contributed by atoms with Gasteiger partial charge in [0, 0.05) is 42.5 Å². The maximum atomic E-state index is 14.7. The summed E-state index contributed by atoms with van der Waals surface area (Å²) in [6.45, 7) is 0.376. The maximum absolute atomic E-state index is 14.7. The molecule has 2 fully saturated rings. The SMILES string of the molecule is O=C(c1nc(-c2ccc(F)cc2F)c2ncccn12)N1CCC(O)(c2ccccc2)C2CCCCC21. The first kappa shape index (κ1) is 22.8. The molecule has 0 bridgehead atoms. The Morgan fingerprint density at radius 2 is 1.86 bits per heavy atom. The fraction of sp³-hybridized carbons (Fsp3) is 0.321. The van der Waals surface area contributed by atoms with Crippen LogP contribution in [0.3, 0.4) is 0 Å². The van der Waals surface area contributed by atoms with Gasteiger partial charge in [-0.05, 0) is 43.0 Å². The molecule has 0 radical (unpaired) electrons. The van der Waals surface area contributed by atoms with Crippen molar-refractivity contribution in [1.82, 2.24) is 19.3 Å². The first-order valence-electron chi connectivity index (χ1n) is 12.3. The molecule has 1 saturated heterocycles. The van der Waals surface area contributed by atoms with E-state index >= 15 is 0 Å². The summed E-state index contributed by atoms with van der Waals surface area (Å²) in [6.07, 6.45) is 7.26. The Kier molecular flexibility index (Phi) is 5.56. The van der Waals surface area contributed by atoms with E-state index in [1.54, 1.807) is 22.9 Å². The van der Waals surface area contributed by atoms with Crippen LogP contribution in [0.5, 0.6) is 0 Å². The van der Waals surface area contributed by atoms with Crippen LogP contribution in [0, 0.1) is 17.6 Å². The second-order valence-electron chi connectivity index (χ2n) is 9.72. The second-order valence-corrected chi connectivity index (χ2v) is 9.72. The van der Waals surface area contributed by atoms with E-state index in [0.717, 1.165) is 43.4 Å². The second kappa shape index (κ2) is 8.78. The number of likely N-dealkylation sites (tertiary alicyclic amines) is 1.